The molecule has 1 N–H and O–H groups in total. The summed E-state index contributed by atoms with van der Waals surface area (Å²) >= 11 is 1.50. The molecular weight excluding hydrogens is 266 g/mol. The Balaban J connectivity index is 1.74. The lowest BCUT2D eigenvalue weighted by molar-refractivity contribution is 0.0947. The van der Waals surface area contributed by atoms with E-state index < -0.39 is 0 Å². The van der Waals surface area contributed by atoms with Crippen molar-refractivity contribution in [2.24, 2.45) is 0 Å². The van der Waals surface area contributed by atoms with Crippen molar-refractivity contribution in [2.75, 3.05) is 6.54 Å². The first-order chi connectivity index (χ1) is 9.80. The van der Waals surface area contributed by atoms with E-state index in [9.17, 15) is 4.79 Å². The molecule has 0 saturated heterocycles. The minimum atomic E-state index is 0.0576. The smallest absolute Gasteiger partial charge is 0.261 e. The van der Waals surface area contributed by atoms with Crippen LogP contribution >= 0.6 is 11.3 Å². The molecule has 1 heterocycles. The fourth-order valence-corrected chi connectivity index (χ4v) is 3.80. The van der Waals surface area contributed by atoms with Gasteiger partial charge in [0, 0.05) is 12.0 Å². The molecule has 0 atom stereocenters. The maximum atomic E-state index is 12.1. The van der Waals surface area contributed by atoms with Gasteiger partial charge in [0.15, 0.2) is 0 Å². The van der Waals surface area contributed by atoms with Gasteiger partial charge in [0.2, 0.25) is 0 Å². The summed E-state index contributed by atoms with van der Waals surface area (Å²) in [5.74, 6) is 0.0576. The summed E-state index contributed by atoms with van der Waals surface area (Å²) in [6.07, 6.45) is 4.84. The highest BCUT2D eigenvalue weighted by Gasteiger charge is 2.35. The van der Waals surface area contributed by atoms with Gasteiger partial charge < -0.3 is 5.32 Å². The lowest BCUT2D eigenvalue weighted by Gasteiger charge is -2.30. The number of benzene rings is 1. The first-order valence-corrected chi connectivity index (χ1v) is 8.05. The van der Waals surface area contributed by atoms with E-state index in [0.29, 0.717) is 0 Å². The summed E-state index contributed by atoms with van der Waals surface area (Å²) in [5.41, 5.74) is 1.50. The van der Waals surface area contributed by atoms with Gasteiger partial charge in [-0.05, 0) is 29.9 Å². The Morgan fingerprint density at radius 3 is 2.50 bits per heavy atom. The number of thiophene rings is 1. The Kier molecular flexibility index (Phi) is 3.88. The molecule has 0 aliphatic heterocycles. The van der Waals surface area contributed by atoms with Crippen LogP contribution in [0.2, 0.25) is 0 Å². The van der Waals surface area contributed by atoms with E-state index in [-0.39, 0.29) is 11.3 Å². The number of amides is 1. The van der Waals surface area contributed by atoms with Crippen molar-refractivity contribution in [3.63, 3.8) is 0 Å². The average Bonchev–Trinajstić information content (AvgIpc) is 3.18. The van der Waals surface area contributed by atoms with E-state index in [2.05, 4.69) is 35.6 Å². The summed E-state index contributed by atoms with van der Waals surface area (Å²) in [7, 11) is 0. The van der Waals surface area contributed by atoms with Gasteiger partial charge in [0.05, 0.1) is 4.88 Å². The molecule has 0 bridgehead atoms. The van der Waals surface area contributed by atoms with Gasteiger partial charge >= 0.3 is 0 Å². The molecule has 1 aliphatic rings. The zero-order chi connectivity index (χ0) is 13.8. The molecule has 1 fully saturated rings. The molecule has 0 spiro atoms. The standard InChI is InChI=1S/C17H19NOS/c19-16(15-9-6-12-20-15)18-13-17(10-4-5-11-17)14-7-2-1-3-8-14/h1-3,6-9,12H,4-5,10-11,13H2,(H,18,19). The second-order valence-electron chi connectivity index (χ2n) is 5.51. The highest BCUT2D eigenvalue weighted by atomic mass is 32.1. The third-order valence-corrected chi connectivity index (χ3v) is 5.15. The predicted octanol–water partition coefficient (Wildman–Crippen LogP) is 3.99. The van der Waals surface area contributed by atoms with Crippen molar-refractivity contribution in [2.45, 2.75) is 31.1 Å². The van der Waals surface area contributed by atoms with E-state index in [0.717, 1.165) is 11.4 Å². The van der Waals surface area contributed by atoms with Crippen LogP contribution in [0.5, 0.6) is 0 Å². The van der Waals surface area contributed by atoms with Gasteiger partial charge in [-0.2, -0.15) is 0 Å². The number of carbonyl (C=O) groups is 1. The van der Waals surface area contributed by atoms with E-state index in [1.807, 2.05) is 17.5 Å². The Morgan fingerprint density at radius 2 is 1.85 bits per heavy atom. The number of carbonyl (C=O) groups excluding carboxylic acids is 1. The summed E-state index contributed by atoms with van der Waals surface area (Å²) in [4.78, 5) is 12.9. The topological polar surface area (TPSA) is 29.1 Å². The number of rotatable bonds is 4. The summed E-state index contributed by atoms with van der Waals surface area (Å²) in [5, 5.41) is 5.08. The highest BCUT2D eigenvalue weighted by Crippen LogP contribution is 2.40. The highest BCUT2D eigenvalue weighted by molar-refractivity contribution is 7.12. The summed E-state index contributed by atoms with van der Waals surface area (Å²) in [6, 6.07) is 14.4. The first-order valence-electron chi connectivity index (χ1n) is 7.17. The van der Waals surface area contributed by atoms with E-state index >= 15 is 0 Å². The molecule has 2 aromatic rings. The molecule has 1 aromatic heterocycles. The second-order valence-corrected chi connectivity index (χ2v) is 6.46. The maximum Gasteiger partial charge on any atom is 0.261 e. The van der Waals surface area contributed by atoms with Crippen molar-refractivity contribution >= 4 is 17.2 Å². The largest absolute Gasteiger partial charge is 0.350 e. The molecule has 1 aromatic carbocycles. The van der Waals surface area contributed by atoms with Crippen molar-refractivity contribution in [1.82, 2.24) is 5.32 Å². The SMILES string of the molecule is O=C(NCC1(c2ccccc2)CCCC1)c1cccs1. The van der Waals surface area contributed by atoms with Crippen LogP contribution in [0.1, 0.15) is 40.9 Å². The Hall–Kier alpha value is -1.61. The minimum absolute atomic E-state index is 0.0576. The molecule has 1 amide bonds. The van der Waals surface area contributed by atoms with Crippen LogP contribution < -0.4 is 5.32 Å². The van der Waals surface area contributed by atoms with Gasteiger partial charge in [-0.1, -0.05) is 49.2 Å². The van der Waals surface area contributed by atoms with Crippen LogP contribution in [-0.2, 0) is 5.41 Å². The van der Waals surface area contributed by atoms with Gasteiger partial charge in [0.25, 0.3) is 5.91 Å². The zero-order valence-corrected chi connectivity index (χ0v) is 12.3. The predicted molar refractivity (Wildman–Crippen MR) is 83.2 cm³/mol. The van der Waals surface area contributed by atoms with Crippen LogP contribution in [0.25, 0.3) is 0 Å². The molecule has 1 saturated carbocycles. The van der Waals surface area contributed by atoms with Crippen LogP contribution in [0.15, 0.2) is 47.8 Å². The normalized spacial score (nSPS) is 17.0. The van der Waals surface area contributed by atoms with Crippen LogP contribution in [-0.4, -0.2) is 12.5 Å². The molecule has 20 heavy (non-hydrogen) atoms. The number of hydrogen-bond donors (Lipinski definition) is 1. The molecule has 3 rings (SSSR count). The van der Waals surface area contributed by atoms with Crippen LogP contribution in [0.4, 0.5) is 0 Å². The molecular formula is C17H19NOS. The van der Waals surface area contributed by atoms with E-state index in [1.54, 1.807) is 0 Å². The first kappa shape index (κ1) is 13.4. The Bertz CT molecular complexity index is 556. The van der Waals surface area contributed by atoms with Crippen molar-refractivity contribution in [1.29, 1.82) is 0 Å². The van der Waals surface area contributed by atoms with Gasteiger partial charge in [-0.25, -0.2) is 0 Å². The van der Waals surface area contributed by atoms with Crippen LogP contribution in [0, 0.1) is 0 Å². The third-order valence-electron chi connectivity index (χ3n) is 4.28. The lowest BCUT2D eigenvalue weighted by atomic mass is 9.79. The second kappa shape index (κ2) is 5.80. The van der Waals surface area contributed by atoms with E-state index in [1.165, 1.54) is 42.6 Å². The fourth-order valence-electron chi connectivity index (χ4n) is 3.16. The number of hydrogen-bond acceptors (Lipinski definition) is 2. The van der Waals surface area contributed by atoms with Gasteiger partial charge in [-0.15, -0.1) is 11.3 Å². The average molecular weight is 285 g/mol. The molecule has 0 radical (unpaired) electrons. The van der Waals surface area contributed by atoms with Crippen molar-refractivity contribution in [3.8, 4) is 0 Å². The van der Waals surface area contributed by atoms with Crippen molar-refractivity contribution < 1.29 is 4.79 Å². The third kappa shape index (κ3) is 2.63. The molecule has 104 valence electrons. The molecule has 1 aliphatic carbocycles. The fraction of sp³-hybridized carbons (Fsp3) is 0.353. The Labute approximate surface area is 123 Å². The summed E-state index contributed by atoms with van der Waals surface area (Å²) in [6.45, 7) is 0.744. The van der Waals surface area contributed by atoms with Crippen molar-refractivity contribution in [3.05, 3.63) is 58.3 Å². The van der Waals surface area contributed by atoms with Gasteiger partial charge in [-0.3, -0.25) is 4.79 Å². The van der Waals surface area contributed by atoms with Crippen LogP contribution in [0.3, 0.4) is 0 Å². The quantitative estimate of drug-likeness (QED) is 0.904. The zero-order valence-electron chi connectivity index (χ0n) is 11.5. The monoisotopic (exact) mass is 285 g/mol. The minimum Gasteiger partial charge on any atom is -0.350 e. The molecule has 2 nitrogen and oxygen atoms in total. The maximum absolute atomic E-state index is 12.1. The molecule has 3 heteroatoms. The van der Waals surface area contributed by atoms with Gasteiger partial charge in [0.1, 0.15) is 0 Å². The van der Waals surface area contributed by atoms with E-state index in [4.69, 9.17) is 0 Å². The summed E-state index contributed by atoms with van der Waals surface area (Å²) < 4.78 is 0. The Morgan fingerprint density at radius 1 is 1.10 bits per heavy atom. The molecule has 0 unspecified atom stereocenters. The lowest BCUT2D eigenvalue weighted by Crippen LogP contribution is -2.38. The number of nitrogens with one attached hydrogen (secondary N) is 1.